The molecule has 0 bridgehead atoms. The van der Waals surface area contributed by atoms with Crippen molar-refractivity contribution in [2.45, 2.75) is 170 Å². The van der Waals surface area contributed by atoms with Crippen molar-refractivity contribution >= 4 is 93.8 Å². The van der Waals surface area contributed by atoms with Crippen LogP contribution < -0.4 is 19.5 Å². The lowest BCUT2D eigenvalue weighted by Crippen LogP contribution is -2.35. The standard InChI is InChI=1S/C28H40N4O4.C11H16INO2.C11H17NO2.C9H12INO.C7H8BrNO2.C5H4BrNO/c1-15-23(19-11-16-12-21(28(5,6)7)29-13-20(16)36-19)26(32-22(30-15)8-9-27(2,3)4)31-18-10-17(14-33)24(34)25(18)35;1-11(2,3)10-5-8(12)9(6-13-10)15-7-14-4;1-11(2,3)10-6-5-9(7-12-10)14-8-13-4;1-9(2,3)8-4-6(10)7(12)5-11-8;1-10-5-11-6-2-3-7(8)9-4-6;6-5-2-1-4(8)3-7-5/h11-13,17-18,24-25,33-35H,8-10,14H2,1-7H3,(H,30,31,32);5-6H,7H2,1-4H3;5-7H,8H2,1-4H3;4-5,12H,1-3H3;2-4H,5H2,1H3;1-3,8H/t17-,18-,24-,25+;;;;;/m1...../s1. The summed E-state index contributed by atoms with van der Waals surface area (Å²) in [6, 6.07) is 18.3. The molecular weight excluding hydrogens is 1580 g/mol. The number of aromatic hydroxyl groups is 2. The number of furan rings is 1. The number of pyridine rings is 6. The van der Waals surface area contributed by atoms with Gasteiger partial charge in [0.15, 0.2) is 31.7 Å². The SMILES string of the molecule is CC(C)(C)c1cc(I)c(O)cn1.COCOc1ccc(Br)nc1.COCOc1ccc(C(C)(C)C)nc1.COCOc1cnc(C(C)(C)C)cc1I.Cc1nc(CCC(C)(C)C)nc(N[C@@H]2C[C@H](CO)[C@@H](O)[C@H]2O)c1-c1cc2cc(C(C)(C)C)ncc2o1.Oc1ccc(Br)nc1. The summed E-state index contributed by atoms with van der Waals surface area (Å²) >= 11 is 10.7. The molecule has 0 aromatic carbocycles. The summed E-state index contributed by atoms with van der Waals surface area (Å²) in [7, 11) is 4.77. The minimum absolute atomic E-state index is 0.0492. The summed E-state index contributed by atoms with van der Waals surface area (Å²) in [6.45, 7) is 34.6. The number of fused-ring (bicyclic) bond motifs is 1. The van der Waals surface area contributed by atoms with Gasteiger partial charge in [-0.15, -0.1) is 0 Å². The largest absolute Gasteiger partial charge is 0.506 e. The second kappa shape index (κ2) is 38.2. The van der Waals surface area contributed by atoms with Crippen LogP contribution in [0.4, 0.5) is 5.82 Å². The van der Waals surface area contributed by atoms with Crippen LogP contribution >= 0.6 is 77.0 Å². The molecule has 0 unspecified atom stereocenters. The Labute approximate surface area is 610 Å². The maximum atomic E-state index is 10.7. The Bertz CT molecular complexity index is 3610. The average molecular weight is 1680 g/mol. The van der Waals surface area contributed by atoms with Crippen molar-refractivity contribution < 1.29 is 58.4 Å². The molecule has 6 N–H and O–H groups in total. The number of nitrogens with one attached hydrogen (secondary N) is 1. The van der Waals surface area contributed by atoms with E-state index in [-0.39, 0.29) is 65.6 Å². The Morgan fingerprint density at radius 1 is 0.573 bits per heavy atom. The third-order valence-corrected chi connectivity index (χ3v) is 16.8. The molecule has 9 rings (SSSR count). The predicted molar refractivity (Wildman–Crippen MR) is 400 cm³/mol. The zero-order chi connectivity index (χ0) is 71.9. The van der Waals surface area contributed by atoms with Gasteiger partial charge in [-0.3, -0.25) is 19.9 Å². The molecule has 1 saturated carbocycles. The van der Waals surface area contributed by atoms with Gasteiger partial charge < -0.3 is 63.7 Å². The highest BCUT2D eigenvalue weighted by Gasteiger charge is 2.42. The van der Waals surface area contributed by atoms with Gasteiger partial charge >= 0.3 is 0 Å². The summed E-state index contributed by atoms with van der Waals surface area (Å²) in [5, 5.41) is 52.9. The molecule has 0 spiro atoms. The fourth-order valence-corrected chi connectivity index (χ4v) is 10.1. The number of aliphatic hydroxyl groups is 3. The molecule has 21 nitrogen and oxygen atoms in total. The molecular formula is C71H97Br2I2N9O12. The number of halogens is 4. The normalized spacial score (nSPS) is 15.4. The first-order valence-corrected chi connectivity index (χ1v) is 34.8. The molecule has 0 aliphatic heterocycles. The van der Waals surface area contributed by atoms with Crippen LogP contribution in [0.2, 0.25) is 0 Å². The number of hydrogen-bond donors (Lipinski definition) is 6. The monoisotopic (exact) mass is 1680 g/mol. The Balaban J connectivity index is 0.000000271. The van der Waals surface area contributed by atoms with E-state index in [0.717, 1.165) is 73.7 Å². The smallest absolute Gasteiger partial charge is 0.188 e. The van der Waals surface area contributed by atoms with Crippen LogP contribution in [0.15, 0.2) is 111 Å². The van der Waals surface area contributed by atoms with E-state index in [1.165, 1.54) is 12.4 Å². The molecule has 8 aromatic rings. The van der Waals surface area contributed by atoms with Gasteiger partial charge in [0.2, 0.25) is 0 Å². The van der Waals surface area contributed by atoms with Crippen molar-refractivity contribution in [3.63, 3.8) is 0 Å². The molecule has 0 saturated heterocycles. The molecule has 8 heterocycles. The predicted octanol–water partition coefficient (Wildman–Crippen LogP) is 15.8. The molecule has 1 aliphatic carbocycles. The summed E-state index contributed by atoms with van der Waals surface area (Å²) in [6.07, 6.45) is 9.80. The van der Waals surface area contributed by atoms with Crippen molar-refractivity contribution in [3.05, 3.63) is 148 Å². The number of methoxy groups -OCH3 is 3. The van der Waals surface area contributed by atoms with Crippen LogP contribution in [0, 0.1) is 25.4 Å². The zero-order valence-electron chi connectivity index (χ0n) is 58.7. The highest BCUT2D eigenvalue weighted by Crippen LogP contribution is 2.38. The van der Waals surface area contributed by atoms with Gasteiger partial charge in [0.05, 0.1) is 67.7 Å². The Hall–Kier alpha value is -5.50. The average Bonchev–Trinajstić information content (AvgIpc) is 1.56. The number of nitrogens with zero attached hydrogens (tertiary/aromatic N) is 8. The van der Waals surface area contributed by atoms with E-state index in [4.69, 9.17) is 47.9 Å². The Morgan fingerprint density at radius 2 is 1.07 bits per heavy atom. The number of aromatic nitrogens is 8. The first-order chi connectivity index (χ1) is 44.8. The lowest BCUT2D eigenvalue weighted by molar-refractivity contribution is 0.00445. The van der Waals surface area contributed by atoms with Crippen LogP contribution in [0.1, 0.15) is 151 Å². The van der Waals surface area contributed by atoms with E-state index in [1.54, 1.807) is 58.2 Å². The first kappa shape index (κ1) is 82.9. The quantitative estimate of drug-likeness (QED) is 0.0316. The second-order valence-corrected chi connectivity index (χ2v) is 31.8. The molecule has 1 fully saturated rings. The highest BCUT2D eigenvalue weighted by atomic mass is 127. The summed E-state index contributed by atoms with van der Waals surface area (Å²) < 4.78 is 39.7. The molecule has 96 heavy (non-hydrogen) atoms. The van der Waals surface area contributed by atoms with Crippen molar-refractivity contribution in [2.24, 2.45) is 11.3 Å². The van der Waals surface area contributed by atoms with Crippen LogP contribution in [-0.2, 0) is 42.3 Å². The molecule has 0 amide bonds. The van der Waals surface area contributed by atoms with Crippen molar-refractivity contribution in [1.29, 1.82) is 0 Å². The summed E-state index contributed by atoms with van der Waals surface area (Å²) in [4.78, 5) is 34.8. The maximum Gasteiger partial charge on any atom is 0.188 e. The minimum atomic E-state index is -1.02. The molecule has 0 radical (unpaired) electrons. The van der Waals surface area contributed by atoms with E-state index >= 15 is 0 Å². The highest BCUT2D eigenvalue weighted by molar-refractivity contribution is 14.1. The lowest BCUT2D eigenvalue weighted by Gasteiger charge is -2.22. The van der Waals surface area contributed by atoms with Gasteiger partial charge in [0.1, 0.15) is 55.7 Å². The van der Waals surface area contributed by atoms with E-state index in [9.17, 15) is 20.4 Å². The third kappa shape index (κ3) is 28.0. The number of aliphatic hydroxyl groups excluding tert-OH is 3. The van der Waals surface area contributed by atoms with Crippen molar-refractivity contribution in [3.8, 4) is 40.1 Å². The fraction of sp³-hybridized carbons (Fsp3) is 0.493. The number of rotatable bonds is 15. The van der Waals surface area contributed by atoms with Crippen molar-refractivity contribution in [1.82, 2.24) is 39.9 Å². The maximum absolute atomic E-state index is 10.7. The Kier molecular flexibility index (Phi) is 33.0. The van der Waals surface area contributed by atoms with Gasteiger partial charge in [-0.05, 0) is 163 Å². The van der Waals surface area contributed by atoms with Crippen molar-refractivity contribution in [2.75, 3.05) is 53.6 Å². The van der Waals surface area contributed by atoms with Gasteiger partial charge in [-0.1, -0.05) is 104 Å². The van der Waals surface area contributed by atoms with E-state index < -0.39 is 24.2 Å². The summed E-state index contributed by atoms with van der Waals surface area (Å²) in [5.74, 6) is 4.15. The molecule has 4 atom stereocenters. The number of hydrogen-bond acceptors (Lipinski definition) is 21. The van der Waals surface area contributed by atoms with Crippen LogP contribution in [0.25, 0.3) is 22.3 Å². The third-order valence-electron chi connectivity index (χ3n) is 14.1. The van der Waals surface area contributed by atoms with Gasteiger partial charge in [0, 0.05) is 90.1 Å². The van der Waals surface area contributed by atoms with Gasteiger partial charge in [-0.25, -0.2) is 19.9 Å². The summed E-state index contributed by atoms with van der Waals surface area (Å²) in [5.41, 5.74) is 6.52. The van der Waals surface area contributed by atoms with E-state index in [1.807, 2.05) is 55.5 Å². The fourth-order valence-electron chi connectivity index (χ4n) is 8.60. The number of aryl methyl sites for hydroxylation is 2. The van der Waals surface area contributed by atoms with Crippen LogP contribution in [0.3, 0.4) is 0 Å². The molecule has 526 valence electrons. The van der Waals surface area contributed by atoms with E-state index in [2.05, 4.69) is 216 Å². The number of anilines is 1. The molecule has 1 aliphatic rings. The van der Waals surface area contributed by atoms with Gasteiger partial charge in [0.25, 0.3) is 0 Å². The van der Waals surface area contributed by atoms with E-state index in [0.29, 0.717) is 41.6 Å². The van der Waals surface area contributed by atoms with Crippen LogP contribution in [-0.4, -0.2) is 132 Å². The Morgan fingerprint density at radius 3 is 1.53 bits per heavy atom. The second-order valence-electron chi connectivity index (χ2n) is 27.8. The molecule has 25 heteroatoms. The topological polar surface area (TPSA) is 285 Å². The van der Waals surface area contributed by atoms with Gasteiger partial charge in [-0.2, -0.15) is 0 Å². The molecule has 8 aromatic heterocycles. The number of ether oxygens (including phenoxy) is 6. The lowest BCUT2D eigenvalue weighted by atomic mass is 9.90. The van der Waals surface area contributed by atoms with Crippen LogP contribution in [0.5, 0.6) is 28.7 Å². The minimum Gasteiger partial charge on any atom is -0.506 e. The zero-order valence-corrected chi connectivity index (χ0v) is 66.2. The first-order valence-electron chi connectivity index (χ1n) is 31.0.